The van der Waals surface area contributed by atoms with Gasteiger partial charge in [0.25, 0.3) is 0 Å². The maximum absolute atomic E-state index is 11.7. The molecule has 0 spiro atoms. The van der Waals surface area contributed by atoms with E-state index in [1.807, 2.05) is 13.2 Å². The number of urea groups is 1. The van der Waals surface area contributed by atoms with Crippen molar-refractivity contribution in [1.29, 1.82) is 0 Å². The second-order valence-corrected chi connectivity index (χ2v) is 6.05. The monoisotopic (exact) mass is 302 g/mol. The Kier molecular flexibility index (Phi) is 6.72. The number of thiophene rings is 1. The molecule has 19 heavy (non-hydrogen) atoms. The van der Waals surface area contributed by atoms with Crippen LogP contribution in [0.1, 0.15) is 24.3 Å². The lowest BCUT2D eigenvalue weighted by molar-refractivity contribution is -0.139. The smallest absolute Gasteiger partial charge is 0.331 e. The van der Waals surface area contributed by atoms with Gasteiger partial charge in [0.1, 0.15) is 0 Å². The summed E-state index contributed by atoms with van der Waals surface area (Å²) in [5.41, 5.74) is 0. The lowest BCUT2D eigenvalue weighted by atomic mass is 10.2. The van der Waals surface area contributed by atoms with Crippen molar-refractivity contribution in [2.24, 2.45) is 0 Å². The highest BCUT2D eigenvalue weighted by Crippen LogP contribution is 2.19. The van der Waals surface area contributed by atoms with E-state index in [1.165, 1.54) is 11.3 Å². The second-order valence-electron chi connectivity index (χ2n) is 4.09. The van der Waals surface area contributed by atoms with Crippen LogP contribution in [0.15, 0.2) is 17.5 Å². The molecule has 5 nitrogen and oxygen atoms in total. The molecule has 0 fully saturated rings. The highest BCUT2D eigenvalue weighted by Gasteiger charge is 2.23. The van der Waals surface area contributed by atoms with E-state index in [2.05, 4.69) is 10.6 Å². The number of thioether (sulfide) groups is 1. The summed E-state index contributed by atoms with van der Waals surface area (Å²) in [5.74, 6) is -0.108. The minimum atomic E-state index is -1.06. The van der Waals surface area contributed by atoms with Gasteiger partial charge in [-0.3, -0.25) is 0 Å². The van der Waals surface area contributed by atoms with Crippen LogP contribution in [0.4, 0.5) is 4.79 Å². The number of amides is 2. The van der Waals surface area contributed by atoms with E-state index in [9.17, 15) is 9.59 Å². The summed E-state index contributed by atoms with van der Waals surface area (Å²) in [4.78, 5) is 23.5. The zero-order valence-electron chi connectivity index (χ0n) is 10.9. The third-order valence-corrected chi connectivity index (χ3v) is 4.06. The molecular weight excluding hydrogens is 284 g/mol. The van der Waals surface area contributed by atoms with Crippen LogP contribution in [0.25, 0.3) is 0 Å². The predicted molar refractivity (Wildman–Crippen MR) is 78.8 cm³/mol. The van der Waals surface area contributed by atoms with Gasteiger partial charge in [-0.15, -0.1) is 11.3 Å². The molecule has 7 heteroatoms. The Morgan fingerprint density at radius 2 is 2.21 bits per heavy atom. The standard InChI is InChI=1S/C12H18N2O3S2/c1-8(5-7-18-2)13-12(17)14-10(11(15)16)9-4-3-6-19-9/h3-4,6,8,10H,5,7H2,1-2H3,(H,15,16)(H2,13,14,17). The van der Waals surface area contributed by atoms with Crippen molar-refractivity contribution in [3.63, 3.8) is 0 Å². The van der Waals surface area contributed by atoms with Crippen molar-refractivity contribution >= 4 is 35.1 Å². The van der Waals surface area contributed by atoms with Crippen molar-refractivity contribution in [3.05, 3.63) is 22.4 Å². The van der Waals surface area contributed by atoms with Gasteiger partial charge in [-0.05, 0) is 36.8 Å². The zero-order valence-corrected chi connectivity index (χ0v) is 12.5. The average Bonchev–Trinajstić information content (AvgIpc) is 2.86. The molecule has 1 aromatic rings. The number of carbonyl (C=O) groups excluding carboxylic acids is 1. The van der Waals surface area contributed by atoms with Gasteiger partial charge < -0.3 is 15.7 Å². The van der Waals surface area contributed by atoms with Crippen LogP contribution >= 0.6 is 23.1 Å². The van der Waals surface area contributed by atoms with E-state index in [-0.39, 0.29) is 6.04 Å². The first kappa shape index (κ1) is 15.8. The van der Waals surface area contributed by atoms with Crippen LogP contribution in [0.2, 0.25) is 0 Å². The minimum Gasteiger partial charge on any atom is -0.479 e. The van der Waals surface area contributed by atoms with Crippen molar-refractivity contribution in [2.45, 2.75) is 25.4 Å². The number of hydrogen-bond acceptors (Lipinski definition) is 4. The predicted octanol–water partition coefficient (Wildman–Crippen LogP) is 2.31. The fourth-order valence-electron chi connectivity index (χ4n) is 1.47. The van der Waals surface area contributed by atoms with Gasteiger partial charge in [-0.1, -0.05) is 6.07 Å². The molecule has 0 aliphatic rings. The number of carbonyl (C=O) groups is 2. The Morgan fingerprint density at radius 1 is 1.47 bits per heavy atom. The molecule has 2 atom stereocenters. The van der Waals surface area contributed by atoms with Crippen LogP contribution in [-0.2, 0) is 4.79 Å². The number of rotatable bonds is 7. The van der Waals surface area contributed by atoms with Crippen LogP contribution in [0.5, 0.6) is 0 Å². The van der Waals surface area contributed by atoms with Crippen LogP contribution in [0.3, 0.4) is 0 Å². The first-order valence-electron chi connectivity index (χ1n) is 5.86. The van der Waals surface area contributed by atoms with Gasteiger partial charge in [0.15, 0.2) is 6.04 Å². The molecule has 1 aromatic heterocycles. The number of carboxylic acid groups (broad SMARTS) is 1. The molecule has 1 heterocycles. The van der Waals surface area contributed by atoms with Gasteiger partial charge in [0, 0.05) is 10.9 Å². The molecule has 0 saturated carbocycles. The summed E-state index contributed by atoms with van der Waals surface area (Å²) in [7, 11) is 0. The third kappa shape index (κ3) is 5.52. The molecule has 2 amide bonds. The van der Waals surface area contributed by atoms with Gasteiger partial charge in [-0.2, -0.15) is 11.8 Å². The molecular formula is C12H18N2O3S2. The Morgan fingerprint density at radius 3 is 2.74 bits per heavy atom. The molecule has 0 aliphatic heterocycles. The summed E-state index contributed by atoms with van der Waals surface area (Å²) >= 11 is 3.02. The normalized spacial score (nSPS) is 13.6. The Labute approximate surface area is 120 Å². The fourth-order valence-corrected chi connectivity index (χ4v) is 2.83. The lowest BCUT2D eigenvalue weighted by Crippen LogP contribution is -2.44. The summed E-state index contributed by atoms with van der Waals surface area (Å²) in [5, 5.41) is 16.1. The Balaban J connectivity index is 2.51. The largest absolute Gasteiger partial charge is 0.479 e. The Hall–Kier alpha value is -1.21. The van der Waals surface area contributed by atoms with Crippen molar-refractivity contribution in [2.75, 3.05) is 12.0 Å². The topological polar surface area (TPSA) is 78.4 Å². The molecule has 0 aliphatic carbocycles. The molecule has 0 aromatic carbocycles. The molecule has 0 saturated heterocycles. The SMILES string of the molecule is CSCCC(C)NC(=O)NC(C(=O)O)c1cccs1. The number of aliphatic carboxylic acids is 1. The second kappa shape index (κ2) is 8.06. The first-order chi connectivity index (χ1) is 9.04. The average molecular weight is 302 g/mol. The number of nitrogens with one attached hydrogen (secondary N) is 2. The van der Waals surface area contributed by atoms with Crippen LogP contribution < -0.4 is 10.6 Å². The lowest BCUT2D eigenvalue weighted by Gasteiger charge is -2.17. The molecule has 3 N–H and O–H groups in total. The highest BCUT2D eigenvalue weighted by atomic mass is 32.2. The van der Waals surface area contributed by atoms with E-state index in [0.29, 0.717) is 4.88 Å². The highest BCUT2D eigenvalue weighted by molar-refractivity contribution is 7.98. The molecule has 0 radical (unpaired) electrons. The molecule has 1 rings (SSSR count). The van der Waals surface area contributed by atoms with Gasteiger partial charge in [0.05, 0.1) is 0 Å². The van der Waals surface area contributed by atoms with Crippen molar-refractivity contribution in [3.8, 4) is 0 Å². The van der Waals surface area contributed by atoms with Gasteiger partial charge in [-0.25, -0.2) is 9.59 Å². The molecule has 2 unspecified atom stereocenters. The van der Waals surface area contributed by atoms with E-state index >= 15 is 0 Å². The van der Waals surface area contributed by atoms with Crippen LogP contribution in [-0.4, -0.2) is 35.2 Å². The van der Waals surface area contributed by atoms with Gasteiger partial charge in [0.2, 0.25) is 0 Å². The molecule has 106 valence electrons. The summed E-state index contributed by atoms with van der Waals surface area (Å²) < 4.78 is 0. The van der Waals surface area contributed by atoms with E-state index in [0.717, 1.165) is 12.2 Å². The minimum absolute atomic E-state index is 0.0187. The van der Waals surface area contributed by atoms with E-state index in [1.54, 1.807) is 29.3 Å². The number of hydrogen-bond donors (Lipinski definition) is 3. The third-order valence-electron chi connectivity index (χ3n) is 2.48. The van der Waals surface area contributed by atoms with Gasteiger partial charge >= 0.3 is 12.0 Å². The van der Waals surface area contributed by atoms with E-state index in [4.69, 9.17) is 5.11 Å². The number of carboxylic acids is 1. The Bertz CT molecular complexity index is 409. The van der Waals surface area contributed by atoms with Crippen molar-refractivity contribution in [1.82, 2.24) is 10.6 Å². The summed E-state index contributed by atoms with van der Waals surface area (Å²) in [6.45, 7) is 1.90. The quantitative estimate of drug-likeness (QED) is 0.722. The fraction of sp³-hybridized carbons (Fsp3) is 0.500. The van der Waals surface area contributed by atoms with E-state index < -0.39 is 18.0 Å². The first-order valence-corrected chi connectivity index (χ1v) is 8.14. The van der Waals surface area contributed by atoms with Crippen molar-refractivity contribution < 1.29 is 14.7 Å². The van der Waals surface area contributed by atoms with Crippen LogP contribution in [0, 0.1) is 0 Å². The maximum Gasteiger partial charge on any atom is 0.331 e. The molecule has 0 bridgehead atoms. The maximum atomic E-state index is 11.7. The zero-order chi connectivity index (χ0) is 14.3. The summed E-state index contributed by atoms with van der Waals surface area (Å²) in [6, 6.07) is 2.03. The summed E-state index contributed by atoms with van der Waals surface area (Å²) in [6.07, 6.45) is 2.86.